The van der Waals surface area contributed by atoms with E-state index in [1.54, 1.807) is 50.5 Å². The lowest BCUT2D eigenvalue weighted by Crippen LogP contribution is -2.16. The molecule has 0 unspecified atom stereocenters. The zero-order valence-corrected chi connectivity index (χ0v) is 13.6. The Bertz CT molecular complexity index is 709. The molecule has 0 saturated heterocycles. The molecule has 2 rings (SSSR count). The minimum Gasteiger partial charge on any atom is -0.497 e. The van der Waals surface area contributed by atoms with Gasteiger partial charge in [0.1, 0.15) is 11.5 Å². The normalized spacial score (nSPS) is 16.2. The van der Waals surface area contributed by atoms with E-state index in [4.69, 9.17) is 9.57 Å². The molecule has 0 radical (unpaired) electrons. The summed E-state index contributed by atoms with van der Waals surface area (Å²) in [5, 5.41) is 3.93. The molecule has 0 aliphatic heterocycles. The van der Waals surface area contributed by atoms with Crippen LogP contribution in [0.25, 0.3) is 0 Å². The van der Waals surface area contributed by atoms with Gasteiger partial charge in [-0.25, -0.2) is 4.79 Å². The highest BCUT2D eigenvalue weighted by Gasteiger charge is 2.19. The van der Waals surface area contributed by atoms with Gasteiger partial charge in [0.05, 0.1) is 12.7 Å². The SMILES string of the molecule is COc1ccc(C(=O)O/N=C2/C=C(C)C(=O)C=C2C(C)C)cc1. The fraction of sp³-hybridized carbons (Fsp3) is 0.278. The van der Waals surface area contributed by atoms with Crippen LogP contribution in [0.4, 0.5) is 0 Å². The summed E-state index contributed by atoms with van der Waals surface area (Å²) in [6, 6.07) is 6.55. The van der Waals surface area contributed by atoms with Gasteiger partial charge >= 0.3 is 5.97 Å². The first-order valence-corrected chi connectivity index (χ1v) is 7.30. The summed E-state index contributed by atoms with van der Waals surface area (Å²) in [5.41, 5.74) is 2.19. The first kappa shape index (κ1) is 16.7. The summed E-state index contributed by atoms with van der Waals surface area (Å²) in [5.74, 6) is 0.143. The van der Waals surface area contributed by atoms with E-state index in [0.717, 1.165) is 5.57 Å². The van der Waals surface area contributed by atoms with E-state index in [9.17, 15) is 9.59 Å². The predicted molar refractivity (Wildman–Crippen MR) is 87.5 cm³/mol. The summed E-state index contributed by atoms with van der Waals surface area (Å²) in [6.07, 6.45) is 3.18. The van der Waals surface area contributed by atoms with Crippen LogP contribution in [0.15, 0.2) is 52.7 Å². The first-order chi connectivity index (χ1) is 10.9. The molecule has 5 heteroatoms. The van der Waals surface area contributed by atoms with Gasteiger partial charge in [0.2, 0.25) is 0 Å². The lowest BCUT2D eigenvalue weighted by Gasteiger charge is -2.15. The summed E-state index contributed by atoms with van der Waals surface area (Å²) >= 11 is 0. The van der Waals surface area contributed by atoms with Crippen LogP contribution in [-0.4, -0.2) is 24.6 Å². The molecular formula is C18H19NO4. The molecule has 0 fully saturated rings. The van der Waals surface area contributed by atoms with Crippen molar-refractivity contribution in [1.29, 1.82) is 0 Å². The molecule has 23 heavy (non-hydrogen) atoms. The van der Waals surface area contributed by atoms with Crippen molar-refractivity contribution in [2.75, 3.05) is 7.11 Å². The van der Waals surface area contributed by atoms with Gasteiger partial charge in [-0.3, -0.25) is 4.79 Å². The number of hydrogen-bond donors (Lipinski definition) is 0. The van der Waals surface area contributed by atoms with Crippen LogP contribution in [0.1, 0.15) is 31.1 Å². The minimum atomic E-state index is -0.564. The second-order valence-corrected chi connectivity index (χ2v) is 5.53. The maximum Gasteiger partial charge on any atom is 0.365 e. The monoisotopic (exact) mass is 313 g/mol. The number of ether oxygens (including phenoxy) is 1. The van der Waals surface area contributed by atoms with Crippen molar-refractivity contribution in [3.8, 4) is 5.75 Å². The van der Waals surface area contributed by atoms with Crippen molar-refractivity contribution in [2.45, 2.75) is 20.8 Å². The average molecular weight is 313 g/mol. The van der Waals surface area contributed by atoms with E-state index in [1.807, 2.05) is 13.8 Å². The van der Waals surface area contributed by atoms with E-state index in [1.165, 1.54) is 0 Å². The number of oxime groups is 1. The highest BCUT2D eigenvalue weighted by molar-refractivity contribution is 6.21. The van der Waals surface area contributed by atoms with Gasteiger partial charge in [-0.1, -0.05) is 19.0 Å². The van der Waals surface area contributed by atoms with Crippen molar-refractivity contribution in [3.63, 3.8) is 0 Å². The molecule has 0 heterocycles. The Morgan fingerprint density at radius 3 is 2.35 bits per heavy atom. The molecule has 0 spiro atoms. The molecule has 0 amide bonds. The smallest absolute Gasteiger partial charge is 0.365 e. The van der Waals surface area contributed by atoms with Crippen molar-refractivity contribution in [1.82, 2.24) is 0 Å². The number of methoxy groups -OCH3 is 1. The van der Waals surface area contributed by atoms with Gasteiger partial charge in [0, 0.05) is 0 Å². The molecule has 0 N–H and O–H groups in total. The van der Waals surface area contributed by atoms with Gasteiger partial charge in [0.25, 0.3) is 0 Å². The molecule has 1 aliphatic carbocycles. The van der Waals surface area contributed by atoms with Gasteiger partial charge in [-0.05, 0) is 60.4 Å². The molecule has 5 nitrogen and oxygen atoms in total. The van der Waals surface area contributed by atoms with Crippen LogP contribution in [-0.2, 0) is 9.63 Å². The molecule has 0 aromatic heterocycles. The van der Waals surface area contributed by atoms with Crippen molar-refractivity contribution < 1.29 is 19.2 Å². The number of hydrogen-bond acceptors (Lipinski definition) is 5. The highest BCUT2D eigenvalue weighted by atomic mass is 16.7. The van der Waals surface area contributed by atoms with E-state index < -0.39 is 5.97 Å². The number of benzene rings is 1. The lowest BCUT2D eigenvalue weighted by atomic mass is 9.90. The van der Waals surface area contributed by atoms with Crippen LogP contribution in [0, 0.1) is 5.92 Å². The molecular weight excluding hydrogens is 294 g/mol. The van der Waals surface area contributed by atoms with E-state index in [2.05, 4.69) is 5.16 Å². The van der Waals surface area contributed by atoms with Gasteiger partial charge in [-0.2, -0.15) is 0 Å². The van der Waals surface area contributed by atoms with E-state index in [0.29, 0.717) is 22.6 Å². The maximum atomic E-state index is 12.0. The number of ketones is 1. The van der Waals surface area contributed by atoms with Crippen LogP contribution in [0.2, 0.25) is 0 Å². The third-order valence-corrected chi connectivity index (χ3v) is 3.50. The van der Waals surface area contributed by atoms with E-state index in [-0.39, 0.29) is 11.7 Å². The molecule has 0 atom stereocenters. The summed E-state index contributed by atoms with van der Waals surface area (Å²) in [4.78, 5) is 28.8. The minimum absolute atomic E-state index is 0.0471. The van der Waals surface area contributed by atoms with Gasteiger partial charge in [-0.15, -0.1) is 0 Å². The molecule has 120 valence electrons. The summed E-state index contributed by atoms with van der Waals surface area (Å²) in [7, 11) is 1.55. The zero-order chi connectivity index (χ0) is 17.0. The number of carbonyl (C=O) groups is 2. The van der Waals surface area contributed by atoms with E-state index >= 15 is 0 Å². The number of nitrogens with zero attached hydrogens (tertiary/aromatic N) is 1. The van der Waals surface area contributed by atoms with Crippen molar-refractivity contribution in [2.24, 2.45) is 11.1 Å². The highest BCUT2D eigenvalue weighted by Crippen LogP contribution is 2.20. The fourth-order valence-electron chi connectivity index (χ4n) is 2.10. The molecule has 0 bridgehead atoms. The Kier molecular flexibility index (Phi) is 5.11. The fourth-order valence-corrected chi connectivity index (χ4v) is 2.10. The molecule has 1 aromatic carbocycles. The lowest BCUT2D eigenvalue weighted by molar-refractivity contribution is -0.111. The van der Waals surface area contributed by atoms with Crippen LogP contribution >= 0.6 is 0 Å². The second kappa shape index (κ2) is 7.05. The number of rotatable bonds is 4. The Balaban J connectivity index is 2.18. The summed E-state index contributed by atoms with van der Waals surface area (Å²) < 4.78 is 5.04. The number of carbonyl (C=O) groups excluding carboxylic acids is 2. The van der Waals surface area contributed by atoms with Crippen LogP contribution in [0.5, 0.6) is 5.75 Å². The molecule has 0 saturated carbocycles. The predicted octanol–water partition coefficient (Wildman–Crippen LogP) is 3.32. The number of allylic oxidation sites excluding steroid dienone is 4. The third kappa shape index (κ3) is 3.94. The van der Waals surface area contributed by atoms with Crippen molar-refractivity contribution >= 4 is 17.5 Å². The van der Waals surface area contributed by atoms with Crippen LogP contribution in [0.3, 0.4) is 0 Å². The Hall–Kier alpha value is -2.69. The maximum absolute atomic E-state index is 12.0. The Morgan fingerprint density at radius 1 is 1.13 bits per heavy atom. The van der Waals surface area contributed by atoms with Gasteiger partial charge in [0.15, 0.2) is 5.78 Å². The third-order valence-electron chi connectivity index (χ3n) is 3.50. The Morgan fingerprint density at radius 2 is 1.78 bits per heavy atom. The summed E-state index contributed by atoms with van der Waals surface area (Å²) in [6.45, 7) is 5.61. The standard InChI is InChI=1S/C18H19NO4/c1-11(2)15-10-17(20)12(3)9-16(15)19-23-18(21)13-5-7-14(22-4)8-6-13/h5-11H,1-4H3/b19-16-. The quantitative estimate of drug-likeness (QED) is 0.486. The first-order valence-electron chi connectivity index (χ1n) is 7.30. The zero-order valence-electron chi connectivity index (χ0n) is 13.6. The topological polar surface area (TPSA) is 65.0 Å². The molecule has 1 aliphatic rings. The largest absolute Gasteiger partial charge is 0.497 e. The Labute approximate surface area is 135 Å². The van der Waals surface area contributed by atoms with Gasteiger partial charge < -0.3 is 9.57 Å². The second-order valence-electron chi connectivity index (χ2n) is 5.53. The van der Waals surface area contributed by atoms with Crippen LogP contribution < -0.4 is 4.74 Å². The molecule has 1 aromatic rings. The average Bonchev–Trinajstić information content (AvgIpc) is 2.55. The van der Waals surface area contributed by atoms with Crippen molar-refractivity contribution in [3.05, 3.63) is 53.1 Å².